The van der Waals surface area contributed by atoms with Gasteiger partial charge in [-0.1, -0.05) is 11.6 Å². The average molecular weight is 99.2 g/mol. The highest BCUT2D eigenvalue weighted by Crippen LogP contribution is 1.83. The third-order valence-corrected chi connectivity index (χ3v) is 0.714. The molecule has 1 N–H and O–H groups in total. The van der Waals surface area contributed by atoms with Crippen molar-refractivity contribution in [2.75, 3.05) is 13.6 Å². The Morgan fingerprint density at radius 1 is 1.57 bits per heavy atom. The smallest absolute Gasteiger partial charge is 0.0134 e. The van der Waals surface area contributed by atoms with E-state index in [9.17, 15) is 0 Å². The first kappa shape index (κ1) is 6.70. The SMILES string of the molecule is CNCC=C(C)C. The molecule has 0 aliphatic heterocycles. The molecule has 0 aromatic heterocycles. The summed E-state index contributed by atoms with van der Waals surface area (Å²) in [6.45, 7) is 5.18. The zero-order chi connectivity index (χ0) is 5.70. The molecule has 1 heteroatoms. The van der Waals surface area contributed by atoms with Crippen LogP contribution in [0.5, 0.6) is 0 Å². The molecule has 0 amide bonds. The second-order valence-electron chi connectivity index (χ2n) is 1.84. The maximum Gasteiger partial charge on any atom is 0.0134 e. The fourth-order valence-corrected chi connectivity index (χ4v) is 0.306. The van der Waals surface area contributed by atoms with Gasteiger partial charge in [-0.2, -0.15) is 0 Å². The van der Waals surface area contributed by atoms with Crippen LogP contribution in [0.3, 0.4) is 0 Å². The van der Waals surface area contributed by atoms with Crippen molar-refractivity contribution in [2.45, 2.75) is 13.8 Å². The lowest BCUT2D eigenvalue weighted by Gasteiger charge is -1.88. The van der Waals surface area contributed by atoms with Crippen molar-refractivity contribution in [3.8, 4) is 0 Å². The molecular formula is C6H13N. The number of hydrogen-bond acceptors (Lipinski definition) is 1. The molecule has 0 heterocycles. The van der Waals surface area contributed by atoms with Gasteiger partial charge in [-0.05, 0) is 20.9 Å². The van der Waals surface area contributed by atoms with E-state index >= 15 is 0 Å². The van der Waals surface area contributed by atoms with Crippen LogP contribution in [0.15, 0.2) is 11.6 Å². The van der Waals surface area contributed by atoms with Crippen molar-refractivity contribution >= 4 is 0 Å². The summed E-state index contributed by atoms with van der Waals surface area (Å²) in [6, 6.07) is 0. The van der Waals surface area contributed by atoms with Gasteiger partial charge < -0.3 is 5.32 Å². The summed E-state index contributed by atoms with van der Waals surface area (Å²) in [6.07, 6.45) is 2.15. The zero-order valence-electron chi connectivity index (χ0n) is 5.28. The van der Waals surface area contributed by atoms with Gasteiger partial charge in [0.2, 0.25) is 0 Å². The minimum Gasteiger partial charge on any atom is -0.316 e. The first-order chi connectivity index (χ1) is 3.27. The van der Waals surface area contributed by atoms with Gasteiger partial charge in [-0.15, -0.1) is 0 Å². The van der Waals surface area contributed by atoms with Crippen molar-refractivity contribution < 1.29 is 0 Å². The summed E-state index contributed by atoms with van der Waals surface area (Å²) in [5.41, 5.74) is 1.37. The van der Waals surface area contributed by atoms with Crippen LogP contribution in [0.2, 0.25) is 0 Å². The second-order valence-corrected chi connectivity index (χ2v) is 1.84. The third kappa shape index (κ3) is 5.70. The molecule has 0 bridgehead atoms. The topological polar surface area (TPSA) is 12.0 Å². The Morgan fingerprint density at radius 3 is 2.29 bits per heavy atom. The molecule has 0 unspecified atom stereocenters. The zero-order valence-corrected chi connectivity index (χ0v) is 5.28. The number of rotatable bonds is 2. The van der Waals surface area contributed by atoms with E-state index in [-0.39, 0.29) is 0 Å². The summed E-state index contributed by atoms with van der Waals surface area (Å²) >= 11 is 0. The lowest BCUT2D eigenvalue weighted by atomic mass is 10.3. The first-order valence-corrected chi connectivity index (χ1v) is 2.55. The summed E-state index contributed by atoms with van der Waals surface area (Å²) in [5.74, 6) is 0. The van der Waals surface area contributed by atoms with E-state index in [1.54, 1.807) is 0 Å². The highest BCUT2D eigenvalue weighted by atomic mass is 14.8. The van der Waals surface area contributed by atoms with E-state index in [0.29, 0.717) is 0 Å². The van der Waals surface area contributed by atoms with Gasteiger partial charge in [0.25, 0.3) is 0 Å². The highest BCUT2D eigenvalue weighted by molar-refractivity contribution is 4.93. The Morgan fingerprint density at radius 2 is 2.14 bits per heavy atom. The quantitative estimate of drug-likeness (QED) is 0.512. The molecule has 0 saturated carbocycles. The van der Waals surface area contributed by atoms with Gasteiger partial charge in [0.1, 0.15) is 0 Å². The molecule has 0 atom stereocenters. The maximum atomic E-state index is 3.02. The minimum atomic E-state index is 0.988. The Labute approximate surface area is 45.4 Å². The molecule has 0 radical (unpaired) electrons. The fraction of sp³-hybridized carbons (Fsp3) is 0.667. The molecule has 0 fully saturated rings. The van der Waals surface area contributed by atoms with Crippen LogP contribution in [0.1, 0.15) is 13.8 Å². The molecule has 0 spiro atoms. The number of likely N-dealkylation sites (N-methyl/N-ethyl adjacent to an activating group) is 1. The molecular weight excluding hydrogens is 86.1 g/mol. The lowest BCUT2D eigenvalue weighted by Crippen LogP contribution is -2.04. The van der Waals surface area contributed by atoms with Gasteiger partial charge in [-0.25, -0.2) is 0 Å². The summed E-state index contributed by atoms with van der Waals surface area (Å²) < 4.78 is 0. The lowest BCUT2D eigenvalue weighted by molar-refractivity contribution is 0.912. The van der Waals surface area contributed by atoms with Crippen LogP contribution in [0, 0.1) is 0 Å². The molecule has 0 saturated heterocycles. The molecule has 0 aromatic carbocycles. The van der Waals surface area contributed by atoms with Crippen LogP contribution in [-0.4, -0.2) is 13.6 Å². The average Bonchev–Trinajstić information content (AvgIpc) is 1.61. The Bertz CT molecular complexity index is 60.6. The van der Waals surface area contributed by atoms with Gasteiger partial charge in [-0.3, -0.25) is 0 Å². The van der Waals surface area contributed by atoms with Gasteiger partial charge in [0, 0.05) is 6.54 Å². The van der Waals surface area contributed by atoms with E-state index in [1.165, 1.54) is 5.57 Å². The molecule has 1 nitrogen and oxygen atoms in total. The highest BCUT2D eigenvalue weighted by Gasteiger charge is 1.71. The predicted octanol–water partition coefficient (Wildman–Crippen LogP) is 1.17. The van der Waals surface area contributed by atoms with E-state index in [0.717, 1.165) is 6.54 Å². The Kier molecular flexibility index (Phi) is 3.71. The minimum absolute atomic E-state index is 0.988. The second kappa shape index (κ2) is 3.88. The monoisotopic (exact) mass is 99.1 g/mol. The summed E-state index contributed by atoms with van der Waals surface area (Å²) in [5, 5.41) is 3.02. The van der Waals surface area contributed by atoms with Crippen molar-refractivity contribution in [3.63, 3.8) is 0 Å². The largest absolute Gasteiger partial charge is 0.316 e. The van der Waals surface area contributed by atoms with Crippen LogP contribution in [0.4, 0.5) is 0 Å². The Balaban J connectivity index is 3.08. The van der Waals surface area contributed by atoms with Crippen molar-refractivity contribution in [3.05, 3.63) is 11.6 Å². The molecule has 0 rings (SSSR count). The predicted molar refractivity (Wildman–Crippen MR) is 33.4 cm³/mol. The van der Waals surface area contributed by atoms with Crippen LogP contribution in [0.25, 0.3) is 0 Å². The van der Waals surface area contributed by atoms with E-state index in [2.05, 4.69) is 25.2 Å². The Hall–Kier alpha value is -0.300. The first-order valence-electron chi connectivity index (χ1n) is 2.55. The van der Waals surface area contributed by atoms with Crippen LogP contribution >= 0.6 is 0 Å². The van der Waals surface area contributed by atoms with Gasteiger partial charge in [0.05, 0.1) is 0 Å². The summed E-state index contributed by atoms with van der Waals surface area (Å²) in [4.78, 5) is 0. The number of nitrogens with one attached hydrogen (secondary N) is 1. The maximum absolute atomic E-state index is 3.02. The van der Waals surface area contributed by atoms with E-state index in [4.69, 9.17) is 0 Å². The molecule has 42 valence electrons. The fourth-order valence-electron chi connectivity index (χ4n) is 0.306. The molecule has 0 aliphatic rings. The number of hydrogen-bond donors (Lipinski definition) is 1. The van der Waals surface area contributed by atoms with Gasteiger partial charge >= 0.3 is 0 Å². The third-order valence-electron chi connectivity index (χ3n) is 0.714. The molecule has 7 heavy (non-hydrogen) atoms. The van der Waals surface area contributed by atoms with Crippen molar-refractivity contribution in [1.29, 1.82) is 0 Å². The standard InChI is InChI=1S/C6H13N/c1-6(2)4-5-7-3/h4,7H,5H2,1-3H3. The van der Waals surface area contributed by atoms with E-state index < -0.39 is 0 Å². The summed E-state index contributed by atoms with van der Waals surface area (Å²) in [7, 11) is 1.94. The van der Waals surface area contributed by atoms with Crippen molar-refractivity contribution in [2.24, 2.45) is 0 Å². The molecule has 0 aliphatic carbocycles. The van der Waals surface area contributed by atoms with E-state index in [1.807, 2.05) is 7.05 Å². The molecule has 0 aromatic rings. The van der Waals surface area contributed by atoms with Crippen LogP contribution in [-0.2, 0) is 0 Å². The van der Waals surface area contributed by atoms with Crippen molar-refractivity contribution in [1.82, 2.24) is 5.32 Å². The van der Waals surface area contributed by atoms with Gasteiger partial charge in [0.15, 0.2) is 0 Å². The van der Waals surface area contributed by atoms with Crippen LogP contribution < -0.4 is 5.32 Å². The normalized spacial score (nSPS) is 8.43. The number of allylic oxidation sites excluding steroid dienone is 1.